The molecule has 7 heteroatoms. The number of sulfonamides is 1. The van der Waals surface area contributed by atoms with Gasteiger partial charge in [-0.2, -0.15) is 4.31 Å². The molecule has 20 heavy (non-hydrogen) atoms. The number of carbonyl (C=O) groups is 1. The van der Waals surface area contributed by atoms with E-state index >= 15 is 0 Å². The van der Waals surface area contributed by atoms with Gasteiger partial charge in [-0.15, -0.1) is 0 Å². The Morgan fingerprint density at radius 2 is 1.70 bits per heavy atom. The average Bonchev–Trinajstić information content (AvgIpc) is 2.34. The summed E-state index contributed by atoms with van der Waals surface area (Å²) in [4.78, 5) is 12.5. The van der Waals surface area contributed by atoms with Crippen molar-refractivity contribution in [2.45, 2.75) is 33.6 Å². The summed E-state index contributed by atoms with van der Waals surface area (Å²) in [6, 6.07) is 0. The molecule has 0 aliphatic carbocycles. The van der Waals surface area contributed by atoms with E-state index in [0.29, 0.717) is 39.1 Å². The zero-order valence-corrected chi connectivity index (χ0v) is 13.4. The van der Waals surface area contributed by atoms with Crippen LogP contribution in [0.5, 0.6) is 0 Å². The monoisotopic (exact) mass is 306 g/mol. The third-order valence-corrected chi connectivity index (χ3v) is 5.35. The second-order valence-electron chi connectivity index (χ2n) is 6.51. The average molecular weight is 306 g/mol. The van der Waals surface area contributed by atoms with Crippen molar-refractivity contribution >= 4 is 16.0 Å². The number of rotatable bonds is 6. The quantitative estimate of drug-likeness (QED) is 0.787. The lowest BCUT2D eigenvalue weighted by Gasteiger charge is -2.34. The molecule has 1 fully saturated rings. The fraction of sp³-hybridized carbons (Fsp3) is 0.923. The SMILES string of the molecule is CC(C)(C)CCS(=O)(=O)N1CCN(CCC(=O)O)CC1. The molecule has 6 nitrogen and oxygen atoms in total. The molecule has 1 saturated heterocycles. The summed E-state index contributed by atoms with van der Waals surface area (Å²) >= 11 is 0. The summed E-state index contributed by atoms with van der Waals surface area (Å²) in [7, 11) is -3.18. The fourth-order valence-corrected chi connectivity index (χ4v) is 3.90. The van der Waals surface area contributed by atoms with Crippen LogP contribution in [0.1, 0.15) is 33.6 Å². The number of carboxylic acids is 1. The Morgan fingerprint density at radius 3 is 2.15 bits per heavy atom. The first kappa shape index (κ1) is 17.4. The van der Waals surface area contributed by atoms with Crippen molar-refractivity contribution in [1.82, 2.24) is 9.21 Å². The van der Waals surface area contributed by atoms with Gasteiger partial charge in [0.25, 0.3) is 0 Å². The van der Waals surface area contributed by atoms with Gasteiger partial charge >= 0.3 is 5.97 Å². The van der Waals surface area contributed by atoms with Crippen molar-refractivity contribution in [3.8, 4) is 0 Å². The van der Waals surface area contributed by atoms with Crippen LogP contribution in [0.2, 0.25) is 0 Å². The third-order valence-electron chi connectivity index (χ3n) is 3.48. The highest BCUT2D eigenvalue weighted by Gasteiger charge is 2.28. The molecule has 0 aromatic carbocycles. The highest BCUT2D eigenvalue weighted by Crippen LogP contribution is 2.21. The Hall–Kier alpha value is -0.660. The molecule has 0 unspecified atom stereocenters. The predicted octanol–water partition coefficient (Wildman–Crippen LogP) is 0.845. The van der Waals surface area contributed by atoms with Crippen molar-refractivity contribution in [2.24, 2.45) is 5.41 Å². The minimum atomic E-state index is -3.18. The molecule has 1 aliphatic rings. The summed E-state index contributed by atoms with van der Waals surface area (Å²) in [5.74, 6) is -0.628. The van der Waals surface area contributed by atoms with Gasteiger partial charge in [0.05, 0.1) is 12.2 Å². The Balaban J connectivity index is 2.42. The van der Waals surface area contributed by atoms with Gasteiger partial charge in [0.2, 0.25) is 10.0 Å². The van der Waals surface area contributed by atoms with Crippen LogP contribution in [-0.4, -0.2) is 67.2 Å². The van der Waals surface area contributed by atoms with Crippen LogP contribution < -0.4 is 0 Å². The standard InChI is InChI=1S/C13H26N2O4S/c1-13(2,3)5-11-20(18,19)15-9-7-14(8-10-15)6-4-12(16)17/h4-11H2,1-3H3,(H,16,17). The molecule has 0 saturated carbocycles. The maximum absolute atomic E-state index is 12.2. The molecule has 0 aromatic rings. The van der Waals surface area contributed by atoms with Crippen LogP contribution in [-0.2, 0) is 14.8 Å². The number of hydrogen-bond acceptors (Lipinski definition) is 4. The molecule has 0 aromatic heterocycles. The lowest BCUT2D eigenvalue weighted by atomic mass is 9.94. The lowest BCUT2D eigenvalue weighted by Crippen LogP contribution is -2.49. The van der Waals surface area contributed by atoms with Gasteiger partial charge in [0, 0.05) is 32.7 Å². The zero-order valence-electron chi connectivity index (χ0n) is 12.6. The normalized spacial score (nSPS) is 19.1. The molecule has 0 radical (unpaired) electrons. The minimum absolute atomic E-state index is 0.0103. The van der Waals surface area contributed by atoms with E-state index in [9.17, 15) is 13.2 Å². The van der Waals surface area contributed by atoms with E-state index in [4.69, 9.17) is 5.11 Å². The molecule has 0 bridgehead atoms. The number of carboxylic acid groups (broad SMARTS) is 1. The topological polar surface area (TPSA) is 77.9 Å². The number of nitrogens with zero attached hydrogens (tertiary/aromatic N) is 2. The van der Waals surface area contributed by atoms with Gasteiger partial charge in [0.1, 0.15) is 0 Å². The van der Waals surface area contributed by atoms with Crippen LogP contribution >= 0.6 is 0 Å². The van der Waals surface area contributed by atoms with E-state index in [1.165, 1.54) is 4.31 Å². The summed E-state index contributed by atoms with van der Waals surface area (Å²) in [6.45, 7) is 8.75. The molecule has 1 aliphatic heterocycles. The maximum atomic E-state index is 12.2. The molecule has 0 spiro atoms. The Bertz CT molecular complexity index is 420. The van der Waals surface area contributed by atoms with Gasteiger partial charge in [-0.25, -0.2) is 8.42 Å². The van der Waals surface area contributed by atoms with Gasteiger partial charge in [0.15, 0.2) is 0 Å². The molecule has 1 rings (SSSR count). The molecular formula is C13H26N2O4S. The molecule has 0 amide bonds. The van der Waals surface area contributed by atoms with E-state index in [1.807, 2.05) is 25.7 Å². The molecule has 1 heterocycles. The van der Waals surface area contributed by atoms with Crippen LogP contribution in [0.15, 0.2) is 0 Å². The zero-order chi connectivity index (χ0) is 15.4. The van der Waals surface area contributed by atoms with Crippen molar-refractivity contribution in [2.75, 3.05) is 38.5 Å². The van der Waals surface area contributed by atoms with Crippen LogP contribution in [0.3, 0.4) is 0 Å². The first-order valence-corrected chi connectivity index (χ1v) is 8.63. The first-order chi connectivity index (χ1) is 9.10. The summed E-state index contributed by atoms with van der Waals surface area (Å²) in [5.41, 5.74) is 0.0103. The summed E-state index contributed by atoms with van der Waals surface area (Å²) < 4.78 is 26.0. The Labute approximate surface area is 121 Å². The molecule has 118 valence electrons. The predicted molar refractivity (Wildman–Crippen MR) is 78.1 cm³/mol. The van der Waals surface area contributed by atoms with Crippen molar-refractivity contribution in [3.63, 3.8) is 0 Å². The number of hydrogen-bond donors (Lipinski definition) is 1. The highest BCUT2D eigenvalue weighted by atomic mass is 32.2. The molecular weight excluding hydrogens is 280 g/mol. The van der Waals surface area contributed by atoms with Gasteiger partial charge in [-0.3, -0.25) is 4.79 Å². The maximum Gasteiger partial charge on any atom is 0.304 e. The van der Waals surface area contributed by atoms with Crippen LogP contribution in [0, 0.1) is 5.41 Å². The number of aliphatic carboxylic acids is 1. The van der Waals surface area contributed by atoms with Gasteiger partial charge < -0.3 is 10.0 Å². The molecule has 0 atom stereocenters. The van der Waals surface area contributed by atoms with E-state index in [1.54, 1.807) is 0 Å². The first-order valence-electron chi connectivity index (χ1n) is 7.02. The second kappa shape index (κ2) is 6.87. The summed E-state index contributed by atoms with van der Waals surface area (Å²) in [5, 5.41) is 8.64. The van der Waals surface area contributed by atoms with Crippen LogP contribution in [0.25, 0.3) is 0 Å². The minimum Gasteiger partial charge on any atom is -0.481 e. The smallest absolute Gasteiger partial charge is 0.304 e. The summed E-state index contributed by atoms with van der Waals surface area (Å²) in [6.07, 6.45) is 0.755. The van der Waals surface area contributed by atoms with Gasteiger partial charge in [-0.05, 0) is 11.8 Å². The van der Waals surface area contributed by atoms with Crippen molar-refractivity contribution in [3.05, 3.63) is 0 Å². The van der Waals surface area contributed by atoms with Crippen molar-refractivity contribution < 1.29 is 18.3 Å². The van der Waals surface area contributed by atoms with Gasteiger partial charge in [-0.1, -0.05) is 20.8 Å². The van der Waals surface area contributed by atoms with Crippen molar-refractivity contribution in [1.29, 1.82) is 0 Å². The number of piperazine rings is 1. The Morgan fingerprint density at radius 1 is 1.15 bits per heavy atom. The highest BCUT2D eigenvalue weighted by molar-refractivity contribution is 7.89. The molecule has 1 N–H and O–H groups in total. The third kappa shape index (κ3) is 6.19. The van der Waals surface area contributed by atoms with E-state index in [-0.39, 0.29) is 17.6 Å². The van der Waals surface area contributed by atoms with E-state index < -0.39 is 16.0 Å². The van der Waals surface area contributed by atoms with E-state index in [0.717, 1.165) is 0 Å². The fourth-order valence-electron chi connectivity index (χ4n) is 2.05. The van der Waals surface area contributed by atoms with E-state index in [2.05, 4.69) is 0 Å². The van der Waals surface area contributed by atoms with Crippen LogP contribution in [0.4, 0.5) is 0 Å². The largest absolute Gasteiger partial charge is 0.481 e. The Kier molecular flexibility index (Phi) is 5.97. The second-order valence-corrected chi connectivity index (χ2v) is 8.60. The lowest BCUT2D eigenvalue weighted by molar-refractivity contribution is -0.137.